The molecular formula is C21H20N6. The van der Waals surface area contributed by atoms with E-state index >= 15 is 0 Å². The summed E-state index contributed by atoms with van der Waals surface area (Å²) in [6, 6.07) is 14.0. The Morgan fingerprint density at radius 3 is 2.33 bits per heavy atom. The third kappa shape index (κ3) is 3.03. The first-order valence-electron chi connectivity index (χ1n) is 9.37. The molecule has 0 atom stereocenters. The minimum atomic E-state index is 0.705. The molecule has 1 fully saturated rings. The number of nitrogens with one attached hydrogen (secondary N) is 1. The van der Waals surface area contributed by atoms with Crippen molar-refractivity contribution in [3.05, 3.63) is 54.9 Å². The van der Waals surface area contributed by atoms with E-state index in [0.717, 1.165) is 47.2 Å². The van der Waals surface area contributed by atoms with Gasteiger partial charge in [-0.3, -0.25) is 4.98 Å². The molecule has 0 spiro atoms. The van der Waals surface area contributed by atoms with Crippen LogP contribution in [-0.4, -0.2) is 38.0 Å². The van der Waals surface area contributed by atoms with Crippen LogP contribution in [0.3, 0.4) is 0 Å². The average molecular weight is 356 g/mol. The van der Waals surface area contributed by atoms with Gasteiger partial charge in [-0.05, 0) is 31.4 Å². The number of aromatic nitrogens is 5. The van der Waals surface area contributed by atoms with Crippen molar-refractivity contribution in [2.75, 3.05) is 18.0 Å². The fraction of sp³-hybridized carbons (Fsp3) is 0.238. The number of rotatable bonds is 3. The van der Waals surface area contributed by atoms with Crippen molar-refractivity contribution in [2.45, 2.75) is 19.3 Å². The van der Waals surface area contributed by atoms with Crippen LogP contribution in [0, 0.1) is 0 Å². The zero-order valence-corrected chi connectivity index (χ0v) is 15.0. The average Bonchev–Trinajstić information content (AvgIpc) is 3.19. The van der Waals surface area contributed by atoms with E-state index in [2.05, 4.69) is 14.9 Å². The lowest BCUT2D eigenvalue weighted by molar-refractivity contribution is 0.574. The van der Waals surface area contributed by atoms with E-state index in [1.807, 2.05) is 42.5 Å². The second-order valence-electron chi connectivity index (χ2n) is 6.80. The Hall–Kier alpha value is -3.28. The normalized spacial score (nSPS) is 14.6. The highest BCUT2D eigenvalue weighted by atomic mass is 15.2. The SMILES string of the molecule is c1ccc(-c2nc(N3CCCCC3)c3[nH]c(-c4ccncc4)nc3n2)cc1. The molecule has 0 aliphatic carbocycles. The number of imidazole rings is 1. The molecule has 6 heteroatoms. The minimum absolute atomic E-state index is 0.705. The number of nitrogens with zero attached hydrogens (tertiary/aromatic N) is 5. The van der Waals surface area contributed by atoms with Crippen molar-refractivity contribution in [3.63, 3.8) is 0 Å². The summed E-state index contributed by atoms with van der Waals surface area (Å²) in [5.41, 5.74) is 3.61. The molecular weight excluding hydrogens is 336 g/mol. The lowest BCUT2D eigenvalue weighted by Crippen LogP contribution is -2.30. The van der Waals surface area contributed by atoms with E-state index in [4.69, 9.17) is 15.0 Å². The fourth-order valence-corrected chi connectivity index (χ4v) is 3.58. The molecule has 0 bridgehead atoms. The van der Waals surface area contributed by atoms with Gasteiger partial charge in [0, 0.05) is 36.6 Å². The third-order valence-electron chi connectivity index (χ3n) is 4.97. The van der Waals surface area contributed by atoms with Crippen LogP contribution in [-0.2, 0) is 0 Å². The summed E-state index contributed by atoms with van der Waals surface area (Å²) < 4.78 is 0. The number of hydrogen-bond donors (Lipinski definition) is 1. The standard InChI is InChI=1S/C21H20N6/c1-3-7-15(8-4-1)19-25-20-17(21(26-19)27-13-5-2-6-14-27)23-18(24-20)16-9-11-22-12-10-16/h1,3-4,7-12H,2,5-6,13-14H2,(H,23,24,25,26). The van der Waals surface area contributed by atoms with Crippen molar-refractivity contribution < 1.29 is 0 Å². The Balaban J connectivity index is 1.69. The predicted octanol–water partition coefficient (Wildman–Crippen LogP) is 4.07. The van der Waals surface area contributed by atoms with Gasteiger partial charge in [0.15, 0.2) is 17.3 Å². The summed E-state index contributed by atoms with van der Waals surface area (Å²) in [4.78, 5) is 24.3. The molecule has 134 valence electrons. The number of hydrogen-bond acceptors (Lipinski definition) is 5. The summed E-state index contributed by atoms with van der Waals surface area (Å²) in [6.07, 6.45) is 7.21. The van der Waals surface area contributed by atoms with Gasteiger partial charge in [0.05, 0.1) is 0 Å². The van der Waals surface area contributed by atoms with Gasteiger partial charge < -0.3 is 9.88 Å². The Bertz CT molecular complexity index is 1050. The lowest BCUT2D eigenvalue weighted by Gasteiger charge is -2.28. The summed E-state index contributed by atoms with van der Waals surface area (Å²) in [5.74, 6) is 2.47. The maximum Gasteiger partial charge on any atom is 0.184 e. The quantitative estimate of drug-likeness (QED) is 0.599. The minimum Gasteiger partial charge on any atom is -0.355 e. The second-order valence-corrected chi connectivity index (χ2v) is 6.80. The van der Waals surface area contributed by atoms with Crippen molar-refractivity contribution in [1.82, 2.24) is 24.9 Å². The first kappa shape index (κ1) is 15.9. The Morgan fingerprint density at radius 1 is 0.778 bits per heavy atom. The van der Waals surface area contributed by atoms with Crippen LogP contribution in [0.4, 0.5) is 5.82 Å². The maximum atomic E-state index is 4.93. The van der Waals surface area contributed by atoms with Crippen LogP contribution < -0.4 is 4.90 Å². The molecule has 0 radical (unpaired) electrons. The smallest absolute Gasteiger partial charge is 0.184 e. The Kier molecular flexibility index (Phi) is 4.01. The molecule has 1 aliphatic rings. The van der Waals surface area contributed by atoms with Gasteiger partial charge in [-0.25, -0.2) is 15.0 Å². The van der Waals surface area contributed by atoms with Gasteiger partial charge in [-0.1, -0.05) is 30.3 Å². The maximum absolute atomic E-state index is 4.93. The summed E-state index contributed by atoms with van der Waals surface area (Å²) in [7, 11) is 0. The van der Waals surface area contributed by atoms with Gasteiger partial charge in [-0.2, -0.15) is 0 Å². The molecule has 5 rings (SSSR count). The second kappa shape index (κ2) is 6.79. The molecule has 4 heterocycles. The molecule has 4 aromatic rings. The number of anilines is 1. The van der Waals surface area contributed by atoms with Gasteiger partial charge in [0.25, 0.3) is 0 Å². The molecule has 1 N–H and O–H groups in total. The Morgan fingerprint density at radius 2 is 1.56 bits per heavy atom. The molecule has 6 nitrogen and oxygen atoms in total. The van der Waals surface area contributed by atoms with Crippen molar-refractivity contribution in [1.29, 1.82) is 0 Å². The first-order chi connectivity index (χ1) is 13.4. The van der Waals surface area contributed by atoms with E-state index in [1.165, 1.54) is 19.3 Å². The van der Waals surface area contributed by atoms with E-state index in [-0.39, 0.29) is 0 Å². The van der Waals surface area contributed by atoms with Crippen molar-refractivity contribution >= 4 is 17.0 Å². The molecule has 0 unspecified atom stereocenters. The molecule has 0 amide bonds. The number of aromatic amines is 1. The fourth-order valence-electron chi connectivity index (χ4n) is 3.58. The van der Waals surface area contributed by atoms with E-state index in [1.54, 1.807) is 12.4 Å². The predicted molar refractivity (Wildman–Crippen MR) is 106 cm³/mol. The van der Waals surface area contributed by atoms with E-state index in [0.29, 0.717) is 5.65 Å². The summed E-state index contributed by atoms with van der Waals surface area (Å²) in [6.45, 7) is 2.04. The van der Waals surface area contributed by atoms with Gasteiger partial charge in [0.2, 0.25) is 0 Å². The highest BCUT2D eigenvalue weighted by molar-refractivity contribution is 5.88. The number of fused-ring (bicyclic) bond motifs is 1. The monoisotopic (exact) mass is 356 g/mol. The topological polar surface area (TPSA) is 70.6 Å². The van der Waals surface area contributed by atoms with E-state index in [9.17, 15) is 0 Å². The van der Waals surface area contributed by atoms with Crippen LogP contribution >= 0.6 is 0 Å². The van der Waals surface area contributed by atoms with Gasteiger partial charge in [0.1, 0.15) is 11.3 Å². The van der Waals surface area contributed by atoms with Gasteiger partial charge >= 0.3 is 0 Å². The molecule has 1 aliphatic heterocycles. The van der Waals surface area contributed by atoms with Crippen LogP contribution in [0.5, 0.6) is 0 Å². The van der Waals surface area contributed by atoms with Crippen molar-refractivity contribution in [2.24, 2.45) is 0 Å². The lowest BCUT2D eigenvalue weighted by atomic mass is 10.1. The first-order valence-corrected chi connectivity index (χ1v) is 9.37. The molecule has 3 aromatic heterocycles. The zero-order valence-electron chi connectivity index (χ0n) is 15.0. The highest BCUT2D eigenvalue weighted by Gasteiger charge is 2.20. The number of piperidine rings is 1. The van der Waals surface area contributed by atoms with Crippen LogP contribution in [0.1, 0.15) is 19.3 Å². The van der Waals surface area contributed by atoms with Gasteiger partial charge in [-0.15, -0.1) is 0 Å². The molecule has 27 heavy (non-hydrogen) atoms. The molecule has 0 saturated carbocycles. The largest absolute Gasteiger partial charge is 0.355 e. The third-order valence-corrected chi connectivity index (χ3v) is 4.97. The zero-order chi connectivity index (χ0) is 18.1. The van der Waals surface area contributed by atoms with Crippen LogP contribution in [0.25, 0.3) is 33.9 Å². The number of benzene rings is 1. The van der Waals surface area contributed by atoms with E-state index < -0.39 is 0 Å². The molecule has 1 saturated heterocycles. The summed E-state index contributed by atoms with van der Waals surface area (Å²) in [5, 5.41) is 0. The van der Waals surface area contributed by atoms with Crippen molar-refractivity contribution in [3.8, 4) is 22.8 Å². The highest BCUT2D eigenvalue weighted by Crippen LogP contribution is 2.30. The number of pyridine rings is 1. The molecule has 1 aromatic carbocycles. The van der Waals surface area contributed by atoms with Crippen LogP contribution in [0.15, 0.2) is 54.9 Å². The summed E-state index contributed by atoms with van der Waals surface area (Å²) >= 11 is 0. The Labute approximate surface area is 157 Å². The number of H-pyrrole nitrogens is 1. The van der Waals surface area contributed by atoms with Crippen LogP contribution in [0.2, 0.25) is 0 Å².